The maximum absolute atomic E-state index is 13.2. The summed E-state index contributed by atoms with van der Waals surface area (Å²) >= 11 is 12.4. The Morgan fingerprint density at radius 1 is 1.11 bits per heavy atom. The molecule has 140 valence electrons. The number of sulfonamides is 1. The predicted molar refractivity (Wildman–Crippen MR) is 102 cm³/mol. The number of carbonyl (C=O) groups is 1. The summed E-state index contributed by atoms with van der Waals surface area (Å²) in [6.07, 6.45) is 0. The maximum Gasteiger partial charge on any atom is 0.291 e. The first-order valence-corrected chi connectivity index (χ1v) is 10.2. The number of aromatic nitrogens is 2. The Bertz CT molecular complexity index is 1120. The zero-order valence-electron chi connectivity index (χ0n) is 13.1. The molecular formula is C15H9Cl2FN4O3S2. The van der Waals surface area contributed by atoms with Crippen LogP contribution in [0.15, 0.2) is 46.8 Å². The number of nitrogens with one attached hydrogen (secondary N) is 2. The minimum absolute atomic E-state index is 0.0312. The summed E-state index contributed by atoms with van der Waals surface area (Å²) in [6.45, 7) is 0. The van der Waals surface area contributed by atoms with Crippen LogP contribution in [0.25, 0.3) is 0 Å². The average Bonchev–Trinajstić information content (AvgIpc) is 3.03. The third kappa shape index (κ3) is 4.72. The van der Waals surface area contributed by atoms with Crippen LogP contribution < -0.4 is 10.0 Å². The summed E-state index contributed by atoms with van der Waals surface area (Å²) in [7, 11) is -4.09. The summed E-state index contributed by atoms with van der Waals surface area (Å²) in [5, 5.41) is 10.0. The summed E-state index contributed by atoms with van der Waals surface area (Å²) in [5.41, 5.74) is 0.169. The average molecular weight is 447 g/mol. The number of rotatable bonds is 5. The second-order valence-electron chi connectivity index (χ2n) is 5.07. The number of halogens is 3. The van der Waals surface area contributed by atoms with E-state index in [4.69, 9.17) is 23.2 Å². The first-order chi connectivity index (χ1) is 12.7. The zero-order valence-corrected chi connectivity index (χ0v) is 16.3. The largest absolute Gasteiger partial charge is 0.296 e. The molecule has 12 heteroatoms. The van der Waals surface area contributed by atoms with Gasteiger partial charge in [0.2, 0.25) is 5.13 Å². The van der Waals surface area contributed by atoms with Gasteiger partial charge in [0, 0.05) is 5.02 Å². The lowest BCUT2D eigenvalue weighted by Gasteiger charge is -2.05. The van der Waals surface area contributed by atoms with Gasteiger partial charge in [0.1, 0.15) is 5.82 Å². The van der Waals surface area contributed by atoms with Crippen molar-refractivity contribution in [3.8, 4) is 0 Å². The van der Waals surface area contributed by atoms with Crippen LogP contribution in [0.1, 0.15) is 10.4 Å². The molecule has 3 rings (SSSR count). The zero-order chi connectivity index (χ0) is 19.6. The van der Waals surface area contributed by atoms with Crippen LogP contribution in [-0.4, -0.2) is 24.5 Å². The molecule has 0 aliphatic rings. The van der Waals surface area contributed by atoms with Crippen molar-refractivity contribution in [2.75, 3.05) is 10.0 Å². The fourth-order valence-corrected chi connectivity index (χ4v) is 4.40. The number of anilines is 2. The molecule has 0 atom stereocenters. The van der Waals surface area contributed by atoms with E-state index >= 15 is 0 Å². The Balaban J connectivity index is 1.76. The van der Waals surface area contributed by atoms with Gasteiger partial charge in [-0.2, -0.15) is 8.42 Å². The molecule has 0 spiro atoms. The van der Waals surface area contributed by atoms with Crippen molar-refractivity contribution in [2.24, 2.45) is 0 Å². The van der Waals surface area contributed by atoms with Gasteiger partial charge in [-0.25, -0.2) is 4.39 Å². The second kappa shape index (κ2) is 7.77. The Hall–Kier alpha value is -2.27. The first kappa shape index (κ1) is 19.5. The number of nitrogens with zero attached hydrogens (tertiary/aromatic N) is 2. The van der Waals surface area contributed by atoms with Gasteiger partial charge < -0.3 is 0 Å². The molecule has 0 aliphatic heterocycles. The highest BCUT2D eigenvalue weighted by Crippen LogP contribution is 2.25. The fourth-order valence-electron chi connectivity index (χ4n) is 1.96. The molecule has 2 aromatic carbocycles. The highest BCUT2D eigenvalue weighted by atomic mass is 35.5. The van der Waals surface area contributed by atoms with E-state index in [0.29, 0.717) is 16.4 Å². The van der Waals surface area contributed by atoms with E-state index in [9.17, 15) is 17.6 Å². The number of carbonyl (C=O) groups excluding carboxylic acids is 1. The predicted octanol–water partition coefficient (Wildman–Crippen LogP) is 4.04. The summed E-state index contributed by atoms with van der Waals surface area (Å²) < 4.78 is 39.6. The highest BCUT2D eigenvalue weighted by Gasteiger charge is 2.22. The SMILES string of the molecule is O=C(Nc1nnc(S(=O)(=O)Nc2cccc(F)c2)s1)c1ccc(Cl)cc1Cl. The molecule has 0 fully saturated rings. The summed E-state index contributed by atoms with van der Waals surface area (Å²) in [6, 6.07) is 9.24. The maximum atomic E-state index is 13.2. The van der Waals surface area contributed by atoms with E-state index in [1.165, 1.54) is 36.4 Å². The van der Waals surface area contributed by atoms with Crippen molar-refractivity contribution in [2.45, 2.75) is 4.34 Å². The molecular weight excluding hydrogens is 438 g/mol. The van der Waals surface area contributed by atoms with E-state index in [1.54, 1.807) is 0 Å². The van der Waals surface area contributed by atoms with Gasteiger partial charge in [0.25, 0.3) is 20.3 Å². The molecule has 2 N–H and O–H groups in total. The van der Waals surface area contributed by atoms with Crippen LogP contribution in [0, 0.1) is 5.82 Å². The van der Waals surface area contributed by atoms with Gasteiger partial charge in [-0.1, -0.05) is 40.6 Å². The lowest BCUT2D eigenvalue weighted by Crippen LogP contribution is -2.12. The monoisotopic (exact) mass is 446 g/mol. The topological polar surface area (TPSA) is 101 Å². The lowest BCUT2D eigenvalue weighted by atomic mass is 10.2. The number of amides is 1. The molecule has 0 radical (unpaired) electrons. The third-order valence-electron chi connectivity index (χ3n) is 3.11. The van der Waals surface area contributed by atoms with Crippen molar-refractivity contribution < 1.29 is 17.6 Å². The van der Waals surface area contributed by atoms with Gasteiger partial charge in [0.15, 0.2) is 0 Å². The summed E-state index contributed by atoms with van der Waals surface area (Å²) in [4.78, 5) is 12.2. The van der Waals surface area contributed by atoms with Crippen molar-refractivity contribution in [1.29, 1.82) is 0 Å². The highest BCUT2D eigenvalue weighted by molar-refractivity contribution is 7.94. The third-order valence-corrected chi connectivity index (χ3v) is 6.24. The standard InChI is InChI=1S/C15H9Cl2FN4O3S2/c16-8-4-5-11(12(17)6-8)13(23)19-14-20-21-15(26-14)27(24,25)22-10-3-1-2-9(18)7-10/h1-7,22H,(H,19,20,23). The lowest BCUT2D eigenvalue weighted by molar-refractivity contribution is 0.102. The van der Waals surface area contributed by atoms with Gasteiger partial charge in [0.05, 0.1) is 16.3 Å². The molecule has 7 nitrogen and oxygen atoms in total. The Morgan fingerprint density at radius 3 is 2.59 bits per heavy atom. The molecule has 1 aromatic heterocycles. The molecule has 27 heavy (non-hydrogen) atoms. The molecule has 0 unspecified atom stereocenters. The van der Waals surface area contributed by atoms with E-state index < -0.39 is 26.1 Å². The van der Waals surface area contributed by atoms with Gasteiger partial charge >= 0.3 is 0 Å². The normalized spacial score (nSPS) is 11.2. The van der Waals surface area contributed by atoms with Gasteiger partial charge in [-0.3, -0.25) is 14.8 Å². The van der Waals surface area contributed by atoms with Gasteiger partial charge in [-0.15, -0.1) is 10.2 Å². The van der Waals surface area contributed by atoms with Crippen LogP contribution in [0.3, 0.4) is 0 Å². The molecule has 3 aromatic rings. The quantitative estimate of drug-likeness (QED) is 0.575. The van der Waals surface area contributed by atoms with Crippen LogP contribution in [0.5, 0.6) is 0 Å². The molecule has 0 saturated heterocycles. The van der Waals surface area contributed by atoms with E-state index in [1.807, 2.05) is 0 Å². The Morgan fingerprint density at radius 2 is 1.89 bits per heavy atom. The molecule has 1 heterocycles. The van der Waals surface area contributed by atoms with Crippen molar-refractivity contribution in [3.63, 3.8) is 0 Å². The van der Waals surface area contributed by atoms with E-state index in [0.717, 1.165) is 6.07 Å². The van der Waals surface area contributed by atoms with Crippen molar-refractivity contribution in [1.82, 2.24) is 10.2 Å². The molecule has 0 saturated carbocycles. The number of hydrogen-bond donors (Lipinski definition) is 2. The van der Waals surface area contributed by atoms with Crippen LogP contribution in [-0.2, 0) is 10.0 Å². The number of hydrogen-bond acceptors (Lipinski definition) is 6. The summed E-state index contributed by atoms with van der Waals surface area (Å²) in [5.74, 6) is -1.20. The number of benzene rings is 2. The molecule has 1 amide bonds. The second-order valence-corrected chi connectivity index (χ2v) is 8.74. The van der Waals surface area contributed by atoms with Crippen molar-refractivity contribution >= 4 is 61.3 Å². The first-order valence-electron chi connectivity index (χ1n) is 7.13. The minimum Gasteiger partial charge on any atom is -0.296 e. The van der Waals surface area contributed by atoms with Crippen LogP contribution in [0.2, 0.25) is 10.0 Å². The van der Waals surface area contributed by atoms with E-state index in [-0.39, 0.29) is 21.4 Å². The fraction of sp³-hybridized carbons (Fsp3) is 0. The van der Waals surface area contributed by atoms with Gasteiger partial charge in [-0.05, 0) is 36.4 Å². The Labute approximate surface area is 167 Å². The smallest absolute Gasteiger partial charge is 0.291 e. The minimum atomic E-state index is -4.09. The van der Waals surface area contributed by atoms with Crippen LogP contribution >= 0.6 is 34.5 Å². The van der Waals surface area contributed by atoms with Crippen molar-refractivity contribution in [3.05, 3.63) is 63.9 Å². The molecule has 0 bridgehead atoms. The van der Waals surface area contributed by atoms with Crippen LogP contribution in [0.4, 0.5) is 15.2 Å². The molecule has 0 aliphatic carbocycles. The van der Waals surface area contributed by atoms with E-state index in [2.05, 4.69) is 20.2 Å². The Kier molecular flexibility index (Phi) is 5.61.